The predicted octanol–water partition coefficient (Wildman–Crippen LogP) is 3.14. The maximum atomic E-state index is 13.6. The monoisotopic (exact) mass is 466 g/mol. The van der Waals surface area contributed by atoms with Gasteiger partial charge in [0.1, 0.15) is 24.1 Å². The van der Waals surface area contributed by atoms with Gasteiger partial charge in [0.15, 0.2) is 16.7 Å². The molecule has 12 heteroatoms. The Morgan fingerprint density at radius 1 is 1.42 bits per heavy atom. The summed E-state index contributed by atoms with van der Waals surface area (Å²) in [4.78, 5) is 10.2. The lowest BCUT2D eigenvalue weighted by Crippen LogP contribution is -2.45. The number of rotatable bonds is 10. The number of hydrogen-bond acceptors (Lipinski definition) is 9. The molecule has 0 fully saturated rings. The molecule has 2 atom stereocenters. The van der Waals surface area contributed by atoms with Gasteiger partial charge < -0.3 is 30.3 Å². The summed E-state index contributed by atoms with van der Waals surface area (Å²) in [7, 11) is -3.59. The molecule has 1 aliphatic rings. The van der Waals surface area contributed by atoms with Crippen LogP contribution in [0.25, 0.3) is 0 Å². The van der Waals surface area contributed by atoms with Crippen molar-refractivity contribution in [1.82, 2.24) is 15.1 Å². The summed E-state index contributed by atoms with van der Waals surface area (Å²) in [6, 6.07) is 8.76. The number of nitrogens with two attached hydrogens (primary N) is 1. The molecule has 0 saturated heterocycles. The molecule has 0 aliphatic carbocycles. The largest absolute Gasteiger partial charge is 0.501 e. The Labute approximate surface area is 186 Å². The van der Waals surface area contributed by atoms with Crippen molar-refractivity contribution in [3.63, 3.8) is 0 Å². The molecule has 2 heterocycles. The van der Waals surface area contributed by atoms with Gasteiger partial charge in [0, 0.05) is 6.54 Å². The van der Waals surface area contributed by atoms with Crippen LogP contribution in [0, 0.1) is 0 Å². The van der Waals surface area contributed by atoms with Crippen molar-refractivity contribution in [2.45, 2.75) is 32.4 Å². The highest BCUT2D eigenvalue weighted by atomic mass is 32.1. The number of aromatic nitrogens is 2. The van der Waals surface area contributed by atoms with Crippen molar-refractivity contribution >= 4 is 42.1 Å². The van der Waals surface area contributed by atoms with Crippen LogP contribution in [0.5, 0.6) is 5.75 Å². The number of thiocarbonyl (C=S) groups is 1. The van der Waals surface area contributed by atoms with Gasteiger partial charge in [0.05, 0.1) is 18.3 Å². The summed E-state index contributed by atoms with van der Waals surface area (Å²) in [5.74, 6) is 1.49. The SMILES string of the molecule is C[C@H](CN1CNc2c(N)ncnc21)OCP(=O)(NC(C)(C)C(O)=S)Oc1ccccc1. The van der Waals surface area contributed by atoms with Gasteiger partial charge in [-0.05, 0) is 45.1 Å². The number of fused-ring (bicyclic) bond motifs is 1. The number of benzene rings is 1. The van der Waals surface area contributed by atoms with Gasteiger partial charge in [-0.25, -0.2) is 15.1 Å². The number of anilines is 3. The topological polar surface area (TPSA) is 135 Å². The molecule has 1 aromatic heterocycles. The van der Waals surface area contributed by atoms with Gasteiger partial charge in [-0.15, -0.1) is 0 Å². The zero-order chi connectivity index (χ0) is 22.6. The lowest BCUT2D eigenvalue weighted by atomic mass is 10.1. The minimum absolute atomic E-state index is 0.227. The summed E-state index contributed by atoms with van der Waals surface area (Å²) in [6.07, 6.45) is 0.864. The summed E-state index contributed by atoms with van der Waals surface area (Å²) in [5, 5.41) is 15.5. The zero-order valence-corrected chi connectivity index (χ0v) is 19.3. The standard InChI is InChI=1S/C19H27N6O4PS/c1-13(9-25-11-23-15-16(20)21-10-22-17(15)25)28-12-30(27,24-19(2,3)18(26)31)29-14-7-5-4-6-8-14/h4-8,10,13,23H,9,11-12H2,1-3H3,(H,24,27)(H,26,31)(H2,20,21,22)/t13-,30?/m1/s1. The van der Waals surface area contributed by atoms with E-state index in [0.29, 0.717) is 36.3 Å². The van der Waals surface area contributed by atoms with Crippen molar-refractivity contribution in [3.05, 3.63) is 36.7 Å². The average molecular weight is 467 g/mol. The second-order valence-electron chi connectivity index (χ2n) is 7.74. The number of ether oxygens (including phenoxy) is 1. The van der Waals surface area contributed by atoms with Crippen molar-refractivity contribution in [2.24, 2.45) is 0 Å². The Kier molecular flexibility index (Phi) is 7.00. The zero-order valence-electron chi connectivity index (χ0n) is 17.6. The number of nitrogens with zero attached hydrogens (tertiary/aromatic N) is 3. The van der Waals surface area contributed by atoms with Gasteiger partial charge in [-0.1, -0.05) is 18.2 Å². The first kappa shape index (κ1) is 23.2. The second-order valence-corrected chi connectivity index (χ2v) is 10.1. The van der Waals surface area contributed by atoms with E-state index >= 15 is 0 Å². The van der Waals surface area contributed by atoms with Crippen molar-refractivity contribution < 1.29 is 18.9 Å². The van der Waals surface area contributed by atoms with Gasteiger partial charge in [0.25, 0.3) is 0 Å². The third-order valence-electron chi connectivity index (χ3n) is 4.59. The van der Waals surface area contributed by atoms with Crippen LogP contribution in [0.2, 0.25) is 0 Å². The first-order chi connectivity index (χ1) is 14.6. The molecule has 10 nitrogen and oxygen atoms in total. The fourth-order valence-corrected chi connectivity index (χ4v) is 5.15. The molecule has 31 heavy (non-hydrogen) atoms. The van der Waals surface area contributed by atoms with Crippen LogP contribution in [0.4, 0.5) is 17.3 Å². The summed E-state index contributed by atoms with van der Waals surface area (Å²) < 4.78 is 25.3. The van der Waals surface area contributed by atoms with Crippen LogP contribution < -0.4 is 25.6 Å². The Hall–Kier alpha value is -2.46. The van der Waals surface area contributed by atoms with E-state index in [-0.39, 0.29) is 17.5 Å². The fourth-order valence-electron chi connectivity index (χ4n) is 2.99. The normalized spacial score (nSPS) is 16.2. The first-order valence-corrected chi connectivity index (χ1v) is 11.9. The van der Waals surface area contributed by atoms with E-state index < -0.39 is 13.1 Å². The van der Waals surface area contributed by atoms with E-state index in [1.54, 1.807) is 38.1 Å². The highest BCUT2D eigenvalue weighted by molar-refractivity contribution is 7.80. The summed E-state index contributed by atoms with van der Waals surface area (Å²) in [5.41, 5.74) is 5.45. The maximum absolute atomic E-state index is 13.6. The Morgan fingerprint density at radius 3 is 2.81 bits per heavy atom. The smallest absolute Gasteiger partial charge is 0.342 e. The minimum Gasteiger partial charge on any atom is -0.501 e. The van der Waals surface area contributed by atoms with E-state index in [9.17, 15) is 9.67 Å². The van der Waals surface area contributed by atoms with E-state index in [4.69, 9.17) is 27.2 Å². The number of nitrogen functional groups attached to an aromatic ring is 1. The molecule has 0 radical (unpaired) electrons. The number of aliphatic hydroxyl groups is 1. The Balaban J connectivity index is 1.68. The number of nitrogens with one attached hydrogen (secondary N) is 2. The molecule has 168 valence electrons. The van der Waals surface area contributed by atoms with Gasteiger partial charge in [-0.2, -0.15) is 0 Å². The molecule has 0 saturated carbocycles. The van der Waals surface area contributed by atoms with Crippen LogP contribution >= 0.6 is 19.7 Å². The van der Waals surface area contributed by atoms with Crippen molar-refractivity contribution in [3.8, 4) is 5.75 Å². The van der Waals surface area contributed by atoms with E-state index in [0.717, 1.165) is 0 Å². The highest BCUT2D eigenvalue weighted by Crippen LogP contribution is 2.45. The van der Waals surface area contributed by atoms with Crippen LogP contribution in [-0.4, -0.2) is 51.3 Å². The molecule has 0 bridgehead atoms. The number of para-hydroxylation sites is 1. The molecule has 0 amide bonds. The average Bonchev–Trinajstić information content (AvgIpc) is 3.11. The molecule has 3 rings (SSSR count). The molecule has 1 aromatic carbocycles. The van der Waals surface area contributed by atoms with E-state index in [1.165, 1.54) is 6.33 Å². The molecule has 1 aliphatic heterocycles. The molecular weight excluding hydrogens is 439 g/mol. The lowest BCUT2D eigenvalue weighted by molar-refractivity contribution is 0.0992. The van der Waals surface area contributed by atoms with Gasteiger partial charge >= 0.3 is 7.52 Å². The molecular formula is C19H27N6O4PS. The molecule has 1 unspecified atom stereocenters. The Morgan fingerprint density at radius 2 is 2.13 bits per heavy atom. The van der Waals surface area contributed by atoms with Crippen LogP contribution in [-0.2, 0) is 9.30 Å². The van der Waals surface area contributed by atoms with Gasteiger partial charge in [0.2, 0.25) is 0 Å². The van der Waals surface area contributed by atoms with Crippen molar-refractivity contribution in [2.75, 3.05) is 35.5 Å². The quantitative estimate of drug-likeness (QED) is 0.304. The molecule has 0 spiro atoms. The third-order valence-corrected chi connectivity index (χ3v) is 6.99. The lowest BCUT2D eigenvalue weighted by Gasteiger charge is -2.31. The third kappa shape index (κ3) is 5.82. The van der Waals surface area contributed by atoms with Crippen LogP contribution in [0.15, 0.2) is 36.7 Å². The molecule has 2 aromatic rings. The second kappa shape index (κ2) is 9.35. The van der Waals surface area contributed by atoms with Crippen molar-refractivity contribution in [1.29, 1.82) is 0 Å². The summed E-state index contributed by atoms with van der Waals surface area (Å²) >= 11 is 4.88. The fraction of sp³-hybridized carbons (Fsp3) is 0.421. The van der Waals surface area contributed by atoms with Crippen LogP contribution in [0.1, 0.15) is 20.8 Å². The number of hydrogen-bond donors (Lipinski definition) is 4. The summed E-state index contributed by atoms with van der Waals surface area (Å²) in [6.45, 7) is 6.09. The minimum atomic E-state index is -3.59. The number of aliphatic hydroxyl groups excluding tert-OH is 1. The predicted molar refractivity (Wildman–Crippen MR) is 125 cm³/mol. The van der Waals surface area contributed by atoms with E-state index in [1.807, 2.05) is 17.9 Å². The maximum Gasteiger partial charge on any atom is 0.342 e. The molecule has 5 N–H and O–H groups in total. The van der Waals surface area contributed by atoms with Crippen LogP contribution in [0.3, 0.4) is 0 Å². The Bertz CT molecular complexity index is 977. The van der Waals surface area contributed by atoms with Gasteiger partial charge in [-0.3, -0.25) is 4.57 Å². The van der Waals surface area contributed by atoms with E-state index in [2.05, 4.69) is 20.4 Å². The first-order valence-electron chi connectivity index (χ1n) is 9.67. The highest BCUT2D eigenvalue weighted by Gasteiger charge is 2.36.